The fraction of sp³-hybridized carbons (Fsp3) is 0.343. The summed E-state index contributed by atoms with van der Waals surface area (Å²) in [4.78, 5) is 40.5. The van der Waals surface area contributed by atoms with Gasteiger partial charge in [-0.3, -0.25) is 0 Å². The third-order valence-electron chi connectivity index (χ3n) is 7.38. The smallest absolute Gasteiger partial charge is 0.413 e. The Kier molecular flexibility index (Phi) is 12.6. The van der Waals surface area contributed by atoms with Crippen molar-refractivity contribution in [2.75, 3.05) is 6.26 Å². The average molecular weight is 720 g/mol. The lowest BCUT2D eigenvalue weighted by atomic mass is 9.90. The monoisotopic (exact) mass is 719 g/mol. The highest BCUT2D eigenvalue weighted by atomic mass is 32.2. The standard InChI is InChI=1S/C35H36F3NO8S2/c1-21(35(36,37)38)25(39-49(43)34(2,3)4)26-27(44-30(40)22-15-9-6-10-16-22)28(45-31(41)23-17-11-7-12-18-23)29(33(47-26)48-5)46-32(42)24-19-13-8-14-20-24/h6-20,25-29,33,39H,1H2,2-5H3/t25-,26-,27?,28?,29-,33?,49?/m1/s1. The van der Waals surface area contributed by atoms with Gasteiger partial charge in [0.2, 0.25) is 0 Å². The molecule has 3 aromatic carbocycles. The topological polar surface area (TPSA) is 123 Å². The normalized spacial score (nSPS) is 22.3. The lowest BCUT2D eigenvalue weighted by molar-refractivity contribution is -0.206. The van der Waals surface area contributed by atoms with Crippen LogP contribution in [0.15, 0.2) is 103 Å². The van der Waals surface area contributed by atoms with E-state index >= 15 is 0 Å². The number of hydrogen-bond acceptors (Lipinski definition) is 10. The van der Waals surface area contributed by atoms with Gasteiger partial charge in [0.05, 0.1) is 22.3 Å². The van der Waals surface area contributed by atoms with E-state index in [-0.39, 0.29) is 16.7 Å². The van der Waals surface area contributed by atoms with Gasteiger partial charge < -0.3 is 23.5 Å². The van der Waals surface area contributed by atoms with Crippen molar-refractivity contribution in [3.05, 3.63) is 120 Å². The second-order valence-electron chi connectivity index (χ2n) is 11.9. The van der Waals surface area contributed by atoms with Gasteiger partial charge in [-0.25, -0.2) is 14.4 Å². The van der Waals surface area contributed by atoms with E-state index in [1.54, 1.807) is 81.6 Å². The molecule has 0 bridgehead atoms. The third-order valence-corrected chi connectivity index (χ3v) is 9.80. The SMILES string of the molecule is C=C([C@@H](N[S+]([O-])C(C)(C)C)[C@H]1OC(SC)[C@H](OC(=O)c2ccccc2)C(OC(=O)c2ccccc2)C1OC(=O)c1ccccc1)C(F)(F)F. The Labute approximate surface area is 289 Å². The Morgan fingerprint density at radius 3 is 1.53 bits per heavy atom. The summed E-state index contributed by atoms with van der Waals surface area (Å²) in [7, 11) is 0. The molecular weight excluding hydrogens is 684 g/mol. The van der Waals surface area contributed by atoms with Crippen LogP contribution in [0.4, 0.5) is 13.2 Å². The van der Waals surface area contributed by atoms with E-state index in [1.165, 1.54) is 36.4 Å². The Morgan fingerprint density at radius 1 is 0.776 bits per heavy atom. The molecule has 1 heterocycles. The van der Waals surface area contributed by atoms with Crippen LogP contribution in [0.2, 0.25) is 0 Å². The van der Waals surface area contributed by atoms with Crippen LogP contribution in [-0.2, 0) is 30.3 Å². The van der Waals surface area contributed by atoms with Gasteiger partial charge in [-0.1, -0.05) is 61.2 Å². The molecule has 9 nitrogen and oxygen atoms in total. The number of benzene rings is 3. The number of thioether (sulfide) groups is 1. The van der Waals surface area contributed by atoms with Crippen LogP contribution in [0.5, 0.6) is 0 Å². The molecule has 0 radical (unpaired) electrons. The van der Waals surface area contributed by atoms with Crippen molar-refractivity contribution in [2.45, 2.75) is 67.6 Å². The van der Waals surface area contributed by atoms with E-state index in [1.807, 2.05) is 0 Å². The van der Waals surface area contributed by atoms with Crippen LogP contribution in [0, 0.1) is 0 Å². The first-order chi connectivity index (χ1) is 23.1. The number of nitrogens with one attached hydrogen (secondary N) is 1. The lowest BCUT2D eigenvalue weighted by Crippen LogP contribution is -2.66. The van der Waals surface area contributed by atoms with E-state index < -0.39 is 81.7 Å². The fourth-order valence-corrected chi connectivity index (χ4v) is 6.37. The van der Waals surface area contributed by atoms with E-state index in [2.05, 4.69) is 11.3 Å². The first kappa shape index (κ1) is 38.0. The minimum absolute atomic E-state index is 0.0247. The molecular formula is C35H36F3NO8S2. The van der Waals surface area contributed by atoms with Crippen molar-refractivity contribution in [1.29, 1.82) is 0 Å². The lowest BCUT2D eigenvalue weighted by Gasteiger charge is -2.47. The fourth-order valence-electron chi connectivity index (χ4n) is 4.79. The number of alkyl halides is 3. The highest BCUT2D eigenvalue weighted by Crippen LogP contribution is 2.39. The number of rotatable bonds is 11. The summed E-state index contributed by atoms with van der Waals surface area (Å²) in [6.07, 6.45) is -10.4. The van der Waals surface area contributed by atoms with Gasteiger partial charge in [0, 0.05) is 11.4 Å². The molecule has 3 aromatic rings. The molecule has 49 heavy (non-hydrogen) atoms. The molecule has 0 spiro atoms. The molecule has 4 rings (SSSR count). The second kappa shape index (κ2) is 16.3. The molecule has 1 N–H and O–H groups in total. The minimum atomic E-state index is -5.03. The summed E-state index contributed by atoms with van der Waals surface area (Å²) >= 11 is -1.17. The van der Waals surface area contributed by atoms with E-state index in [0.717, 1.165) is 11.8 Å². The predicted molar refractivity (Wildman–Crippen MR) is 179 cm³/mol. The van der Waals surface area contributed by atoms with Crippen LogP contribution in [0.25, 0.3) is 0 Å². The Balaban J connectivity index is 1.88. The zero-order chi connectivity index (χ0) is 35.9. The van der Waals surface area contributed by atoms with Crippen molar-refractivity contribution in [3.63, 3.8) is 0 Å². The Bertz CT molecular complexity index is 1590. The van der Waals surface area contributed by atoms with Gasteiger partial charge >= 0.3 is 24.1 Å². The highest BCUT2D eigenvalue weighted by molar-refractivity contribution is 7.99. The van der Waals surface area contributed by atoms with Gasteiger partial charge in [0.25, 0.3) is 0 Å². The van der Waals surface area contributed by atoms with Crippen molar-refractivity contribution < 1.29 is 51.1 Å². The van der Waals surface area contributed by atoms with Crippen molar-refractivity contribution >= 4 is 41.0 Å². The molecule has 0 amide bonds. The van der Waals surface area contributed by atoms with Gasteiger partial charge in [-0.2, -0.15) is 13.2 Å². The summed E-state index contributed by atoms with van der Waals surface area (Å²) in [5, 5.41) is 0. The zero-order valence-corrected chi connectivity index (χ0v) is 28.7. The number of hydrogen-bond donors (Lipinski definition) is 1. The van der Waals surface area contributed by atoms with Gasteiger partial charge in [-0.15, -0.1) is 16.5 Å². The van der Waals surface area contributed by atoms with Gasteiger partial charge in [-0.05, 0) is 63.4 Å². The van der Waals surface area contributed by atoms with Gasteiger partial charge in [0.1, 0.15) is 22.3 Å². The van der Waals surface area contributed by atoms with E-state index in [4.69, 9.17) is 18.9 Å². The molecule has 1 fully saturated rings. The summed E-state index contributed by atoms with van der Waals surface area (Å²) < 4.78 is 81.9. The maximum Gasteiger partial charge on any atom is 0.413 e. The molecule has 4 unspecified atom stereocenters. The van der Waals surface area contributed by atoms with Crippen LogP contribution in [0.3, 0.4) is 0 Å². The average Bonchev–Trinajstić information content (AvgIpc) is 3.08. The summed E-state index contributed by atoms with van der Waals surface area (Å²) in [6.45, 7) is 7.90. The summed E-state index contributed by atoms with van der Waals surface area (Å²) in [5.74, 6) is -2.79. The summed E-state index contributed by atoms with van der Waals surface area (Å²) in [5.41, 5.74) is -2.44. The number of halogens is 3. The Hall–Kier alpha value is -3.82. The molecule has 1 aliphatic rings. The molecule has 0 aromatic heterocycles. The Morgan fingerprint density at radius 2 is 1.16 bits per heavy atom. The number of esters is 3. The van der Waals surface area contributed by atoms with Crippen LogP contribution >= 0.6 is 11.8 Å². The molecule has 1 saturated heterocycles. The van der Waals surface area contributed by atoms with Gasteiger partial charge in [0.15, 0.2) is 18.3 Å². The van der Waals surface area contributed by atoms with Crippen LogP contribution in [0.1, 0.15) is 51.8 Å². The quantitative estimate of drug-likeness (QED) is 0.105. The summed E-state index contributed by atoms with van der Waals surface area (Å²) in [6, 6.07) is 21.1. The molecule has 0 saturated carbocycles. The number of ether oxygens (including phenoxy) is 4. The van der Waals surface area contributed by atoms with Crippen LogP contribution in [-0.4, -0.2) is 75.5 Å². The predicted octanol–water partition coefficient (Wildman–Crippen LogP) is 6.29. The van der Waals surface area contributed by atoms with E-state index in [9.17, 15) is 32.1 Å². The molecule has 7 atom stereocenters. The minimum Gasteiger partial charge on any atom is -0.598 e. The first-order valence-corrected chi connectivity index (χ1v) is 17.5. The zero-order valence-electron chi connectivity index (χ0n) is 27.0. The molecule has 1 aliphatic heterocycles. The van der Waals surface area contributed by atoms with Crippen molar-refractivity contribution in [1.82, 2.24) is 4.72 Å². The number of carbonyl (C=O) groups is 3. The first-order valence-electron chi connectivity index (χ1n) is 15.0. The maximum atomic E-state index is 14.4. The van der Waals surface area contributed by atoms with Crippen LogP contribution < -0.4 is 4.72 Å². The molecule has 14 heteroatoms. The number of carbonyl (C=O) groups excluding carboxylic acids is 3. The molecule has 0 aliphatic carbocycles. The molecule has 262 valence electrons. The van der Waals surface area contributed by atoms with Crippen molar-refractivity contribution in [2.24, 2.45) is 0 Å². The largest absolute Gasteiger partial charge is 0.598 e. The van der Waals surface area contributed by atoms with E-state index in [0.29, 0.717) is 0 Å². The second-order valence-corrected chi connectivity index (χ2v) is 14.8. The van der Waals surface area contributed by atoms with Crippen molar-refractivity contribution in [3.8, 4) is 0 Å². The maximum absolute atomic E-state index is 14.4. The third kappa shape index (κ3) is 9.67. The highest BCUT2D eigenvalue weighted by Gasteiger charge is 2.58.